The Balaban J connectivity index is 0.00000156. The van der Waals surface area contributed by atoms with E-state index in [1.54, 1.807) is 11.1 Å². The first-order valence-electron chi connectivity index (χ1n) is 8.46. The van der Waals surface area contributed by atoms with Crippen molar-refractivity contribution in [2.45, 2.75) is 32.6 Å². The lowest BCUT2D eigenvalue weighted by atomic mass is 9.79. The molecule has 3 heteroatoms. The van der Waals surface area contributed by atoms with Crippen LogP contribution in [-0.2, 0) is 0 Å². The Morgan fingerprint density at radius 1 is 1.22 bits per heavy atom. The first kappa shape index (κ1) is 17.0. The van der Waals surface area contributed by atoms with Gasteiger partial charge in [0.1, 0.15) is 0 Å². The van der Waals surface area contributed by atoms with Crippen molar-refractivity contribution in [1.82, 2.24) is 4.90 Å². The summed E-state index contributed by atoms with van der Waals surface area (Å²) in [7, 11) is 4.40. The molecule has 0 aliphatic heterocycles. The summed E-state index contributed by atoms with van der Waals surface area (Å²) < 4.78 is 1.43. The molecule has 1 fully saturated rings. The van der Waals surface area contributed by atoms with Crippen LogP contribution >= 0.6 is 23.7 Å². The minimum atomic E-state index is 0. The number of halogens is 1. The minimum absolute atomic E-state index is 0. The molecule has 1 saturated carbocycles. The van der Waals surface area contributed by atoms with Gasteiger partial charge < -0.3 is 4.90 Å². The number of fused-ring (bicyclic) bond motifs is 3. The summed E-state index contributed by atoms with van der Waals surface area (Å²) in [5, 5.41) is 3.75. The van der Waals surface area contributed by atoms with Crippen LogP contribution in [0.15, 0.2) is 29.2 Å². The number of aryl methyl sites for hydroxylation is 1. The summed E-state index contributed by atoms with van der Waals surface area (Å²) in [5.74, 6) is 1.76. The van der Waals surface area contributed by atoms with Gasteiger partial charge in [0, 0.05) is 11.2 Å². The van der Waals surface area contributed by atoms with Crippen molar-refractivity contribution in [3.05, 3.63) is 40.3 Å². The average molecular weight is 348 g/mol. The Kier molecular flexibility index (Phi) is 4.87. The summed E-state index contributed by atoms with van der Waals surface area (Å²) in [5.41, 5.74) is 6.32. The maximum absolute atomic E-state index is 2.46. The molecule has 124 valence electrons. The zero-order valence-corrected chi connectivity index (χ0v) is 15.9. The van der Waals surface area contributed by atoms with Crippen LogP contribution in [0.5, 0.6) is 0 Å². The lowest BCUT2D eigenvalue weighted by Crippen LogP contribution is -2.21. The van der Waals surface area contributed by atoms with Gasteiger partial charge in [-0.25, -0.2) is 0 Å². The van der Waals surface area contributed by atoms with Crippen molar-refractivity contribution in [3.63, 3.8) is 0 Å². The van der Waals surface area contributed by atoms with Crippen molar-refractivity contribution in [2.24, 2.45) is 11.8 Å². The second kappa shape index (κ2) is 6.58. The van der Waals surface area contributed by atoms with E-state index in [1.165, 1.54) is 46.9 Å². The normalized spacial score (nSPS) is 23.7. The van der Waals surface area contributed by atoms with Gasteiger partial charge in [-0.1, -0.05) is 11.6 Å². The van der Waals surface area contributed by atoms with E-state index >= 15 is 0 Å². The van der Waals surface area contributed by atoms with Crippen molar-refractivity contribution < 1.29 is 0 Å². The molecule has 0 spiro atoms. The van der Waals surface area contributed by atoms with E-state index in [0.29, 0.717) is 0 Å². The molecule has 2 atom stereocenters. The van der Waals surface area contributed by atoms with Crippen LogP contribution in [0.1, 0.15) is 36.8 Å². The molecule has 2 aliphatic carbocycles. The number of hydrogen-bond donors (Lipinski definition) is 0. The Hall–Kier alpha value is -0.830. The lowest BCUT2D eigenvalue weighted by Gasteiger charge is -2.29. The third-order valence-electron chi connectivity index (χ3n) is 5.45. The maximum Gasteiger partial charge on any atom is 0.0345 e. The van der Waals surface area contributed by atoms with Crippen LogP contribution in [0.2, 0.25) is 0 Å². The van der Waals surface area contributed by atoms with Crippen molar-refractivity contribution in [1.29, 1.82) is 0 Å². The molecule has 1 aromatic heterocycles. The number of benzene rings is 1. The van der Waals surface area contributed by atoms with Gasteiger partial charge >= 0.3 is 0 Å². The van der Waals surface area contributed by atoms with E-state index in [0.717, 1.165) is 18.4 Å². The molecule has 0 unspecified atom stereocenters. The third-order valence-corrected chi connectivity index (χ3v) is 6.53. The van der Waals surface area contributed by atoms with Gasteiger partial charge in [0.15, 0.2) is 0 Å². The van der Waals surface area contributed by atoms with Crippen molar-refractivity contribution >= 4 is 39.4 Å². The molecular formula is C20H26ClNS. The predicted molar refractivity (Wildman–Crippen MR) is 105 cm³/mol. The van der Waals surface area contributed by atoms with Crippen molar-refractivity contribution in [2.75, 3.05) is 20.6 Å². The standard InChI is InChI=1S/C20H25NS.ClH/c1-13-12-22-19-7-6-16(10-18(13)19)20-15-5-4-14(8-15)9-17(20)11-21(2)3;/h6-7,10,12,14-15H,4-5,8-9,11H2,1-3H3;1H/t14-,15-;/m0./s1. The number of thiophene rings is 1. The lowest BCUT2D eigenvalue weighted by molar-refractivity contribution is 0.413. The zero-order valence-electron chi connectivity index (χ0n) is 14.3. The van der Waals surface area contributed by atoms with Gasteiger partial charge in [-0.05, 0) is 98.1 Å². The second-order valence-electron chi connectivity index (χ2n) is 7.46. The number of nitrogens with zero attached hydrogens (tertiary/aromatic N) is 1. The molecule has 2 aliphatic rings. The highest BCUT2D eigenvalue weighted by Gasteiger charge is 2.35. The maximum atomic E-state index is 2.46. The molecule has 2 aromatic rings. The summed E-state index contributed by atoms with van der Waals surface area (Å²) in [6.45, 7) is 3.37. The van der Waals surface area contributed by atoms with Gasteiger partial charge in [-0.15, -0.1) is 23.7 Å². The highest BCUT2D eigenvalue weighted by Crippen LogP contribution is 2.49. The van der Waals surface area contributed by atoms with E-state index in [1.807, 2.05) is 11.3 Å². The van der Waals surface area contributed by atoms with Gasteiger partial charge in [0.05, 0.1) is 0 Å². The quantitative estimate of drug-likeness (QED) is 0.681. The van der Waals surface area contributed by atoms with Gasteiger partial charge in [0.2, 0.25) is 0 Å². The summed E-state index contributed by atoms with van der Waals surface area (Å²) in [6, 6.07) is 7.18. The second-order valence-corrected chi connectivity index (χ2v) is 8.38. The molecule has 23 heavy (non-hydrogen) atoms. The highest BCUT2D eigenvalue weighted by atomic mass is 35.5. The van der Waals surface area contributed by atoms with Crippen LogP contribution in [-0.4, -0.2) is 25.5 Å². The molecular weight excluding hydrogens is 322 g/mol. The third kappa shape index (κ3) is 3.09. The van der Waals surface area contributed by atoms with E-state index in [-0.39, 0.29) is 12.4 Å². The SMILES string of the molecule is Cc1csc2ccc(C3=C(CN(C)C)C[C@H]4CC[C@H]3C4)cc12.Cl. The first-order chi connectivity index (χ1) is 10.6. The first-order valence-corrected chi connectivity index (χ1v) is 9.34. The Morgan fingerprint density at radius 2 is 2.04 bits per heavy atom. The van der Waals surface area contributed by atoms with Gasteiger partial charge in [-0.3, -0.25) is 0 Å². The fraction of sp³-hybridized carbons (Fsp3) is 0.500. The Bertz CT molecular complexity index is 743. The Labute approximate surface area is 149 Å². The summed E-state index contributed by atoms with van der Waals surface area (Å²) >= 11 is 1.87. The predicted octanol–water partition coefficient (Wildman–Crippen LogP) is 5.77. The average Bonchev–Trinajstić information content (AvgIpc) is 3.03. The molecule has 0 amide bonds. The molecule has 0 radical (unpaired) electrons. The number of rotatable bonds is 3. The molecule has 1 heterocycles. The summed E-state index contributed by atoms with van der Waals surface area (Å²) in [4.78, 5) is 2.34. The van der Waals surface area contributed by atoms with Crippen molar-refractivity contribution in [3.8, 4) is 0 Å². The topological polar surface area (TPSA) is 3.24 Å². The van der Waals surface area contributed by atoms with Crippen LogP contribution < -0.4 is 0 Å². The number of hydrogen-bond acceptors (Lipinski definition) is 2. The fourth-order valence-corrected chi connectivity index (χ4v) is 5.49. The molecule has 0 saturated heterocycles. The molecule has 1 aromatic carbocycles. The van der Waals surface area contributed by atoms with E-state index in [2.05, 4.69) is 49.5 Å². The van der Waals surface area contributed by atoms with E-state index in [4.69, 9.17) is 0 Å². The molecule has 1 nitrogen and oxygen atoms in total. The number of allylic oxidation sites excluding steroid dienone is 1. The highest BCUT2D eigenvalue weighted by molar-refractivity contribution is 7.17. The van der Waals surface area contributed by atoms with Crippen LogP contribution in [0.3, 0.4) is 0 Å². The monoisotopic (exact) mass is 347 g/mol. The van der Waals surface area contributed by atoms with Crippen LogP contribution in [0.4, 0.5) is 0 Å². The molecule has 2 bridgehead atoms. The van der Waals surface area contributed by atoms with Crippen LogP contribution in [0, 0.1) is 18.8 Å². The largest absolute Gasteiger partial charge is 0.305 e. The van der Waals surface area contributed by atoms with Gasteiger partial charge in [0.25, 0.3) is 0 Å². The van der Waals surface area contributed by atoms with Crippen LogP contribution in [0.25, 0.3) is 15.7 Å². The summed E-state index contributed by atoms with van der Waals surface area (Å²) in [6.07, 6.45) is 5.58. The molecule has 0 N–H and O–H groups in total. The molecule has 4 rings (SSSR count). The minimum Gasteiger partial charge on any atom is -0.305 e. The smallest absolute Gasteiger partial charge is 0.0345 e. The zero-order chi connectivity index (χ0) is 15.3. The number of likely N-dealkylation sites (N-methyl/N-ethyl adjacent to an activating group) is 1. The Morgan fingerprint density at radius 3 is 2.83 bits per heavy atom. The van der Waals surface area contributed by atoms with E-state index < -0.39 is 0 Å². The van der Waals surface area contributed by atoms with Gasteiger partial charge in [-0.2, -0.15) is 0 Å². The fourth-order valence-electron chi connectivity index (χ4n) is 4.56. The van der Waals surface area contributed by atoms with E-state index in [9.17, 15) is 0 Å².